The predicted octanol–water partition coefficient (Wildman–Crippen LogP) is -0.899. The lowest BCUT2D eigenvalue weighted by atomic mass is 9.53. The fourth-order valence-electron chi connectivity index (χ4n) is 0.558. The lowest BCUT2D eigenvalue weighted by molar-refractivity contribution is 0.814. The fraction of sp³-hybridized carbons (Fsp3) is 0.600. The summed E-state index contributed by atoms with van der Waals surface area (Å²) in [6.45, 7) is 4.45. The van der Waals surface area contributed by atoms with Gasteiger partial charge in [0.2, 0.25) is 0 Å². The predicted molar refractivity (Wildman–Crippen MR) is 47.2 cm³/mol. The third kappa shape index (κ3) is 3.01. The van der Waals surface area contributed by atoms with Gasteiger partial charge in [-0.2, -0.15) is 0 Å². The van der Waals surface area contributed by atoms with Gasteiger partial charge in [0.25, 0.3) is 0 Å². The quantitative estimate of drug-likeness (QED) is 0.400. The first-order valence-corrected chi connectivity index (χ1v) is 3.35. The van der Waals surface area contributed by atoms with Gasteiger partial charge in [-0.15, -0.1) is 11.4 Å². The van der Waals surface area contributed by atoms with Crippen molar-refractivity contribution in [2.24, 2.45) is 5.92 Å². The highest BCUT2D eigenvalue weighted by molar-refractivity contribution is 6.92. The molecule has 0 rings (SSSR count). The molecule has 0 unspecified atom stereocenters. The van der Waals surface area contributed by atoms with Crippen molar-refractivity contribution in [1.82, 2.24) is 0 Å². The van der Waals surface area contributed by atoms with E-state index in [1.54, 1.807) is 0 Å². The van der Waals surface area contributed by atoms with Crippen LogP contribution in [0.5, 0.6) is 0 Å². The number of allylic oxidation sites excluding steroid dienone is 1. The highest BCUT2D eigenvalue weighted by atomic mass is 13.9. The Bertz CT molecular complexity index is 85.7. The molecule has 0 saturated carbocycles. The molecule has 0 N–H and O–H groups in total. The first kappa shape index (κ1) is 7.93. The molecule has 42 valence electrons. The molecule has 8 heavy (non-hydrogen) atoms. The van der Waals surface area contributed by atoms with Crippen LogP contribution in [0.15, 0.2) is 11.4 Å². The summed E-state index contributed by atoms with van der Waals surface area (Å²) in [4.78, 5) is 0. The molecular weight excluding hydrogens is 92.5 g/mol. The summed E-state index contributed by atoms with van der Waals surface area (Å²) in [5.41, 5.74) is 1.51. The summed E-state index contributed by atoms with van der Waals surface area (Å²) < 4.78 is 0. The normalized spacial score (nSPS) is 12.1. The lowest BCUT2D eigenvalue weighted by Crippen LogP contribution is -1.95. The van der Waals surface area contributed by atoms with Crippen LogP contribution in [0.25, 0.3) is 0 Å². The minimum absolute atomic E-state index is 0.731. The molecule has 0 fully saturated rings. The van der Waals surface area contributed by atoms with Crippen LogP contribution in [0.1, 0.15) is 13.8 Å². The second-order valence-electron chi connectivity index (χ2n) is 2.51. The van der Waals surface area contributed by atoms with Crippen LogP contribution in [0.3, 0.4) is 0 Å². The molecule has 0 saturated heterocycles. The zero-order valence-corrected chi connectivity index (χ0v) is 6.36. The molecule has 0 heterocycles. The van der Waals surface area contributed by atoms with Gasteiger partial charge in [0.15, 0.2) is 0 Å². The number of rotatable bonds is 2. The van der Waals surface area contributed by atoms with E-state index in [0.717, 1.165) is 5.92 Å². The Balaban J connectivity index is 3.61. The third-order valence-corrected chi connectivity index (χ3v) is 1.44. The maximum atomic E-state index is 2.28. The highest BCUT2D eigenvalue weighted by Crippen LogP contribution is 2.01. The molecule has 0 aromatic carbocycles. The Morgan fingerprint density at radius 3 is 2.25 bits per heavy atom. The molecule has 0 radical (unpaired) electrons. The molecule has 0 atom stereocenters. The van der Waals surface area contributed by atoms with Gasteiger partial charge in [0.1, 0.15) is 15.0 Å². The summed E-state index contributed by atoms with van der Waals surface area (Å²) in [6, 6.07) is 0. The third-order valence-electron chi connectivity index (χ3n) is 1.44. The Kier molecular flexibility index (Phi) is 3.85. The van der Waals surface area contributed by atoms with Crippen LogP contribution in [-0.2, 0) is 0 Å². The standard InChI is InChI=1S/C5H13B3/c1-4(2)5(6)3-8-7/h3-4,8H,6-7H2,1-2H3/b5-3-. The first-order chi connectivity index (χ1) is 3.68. The molecule has 3 heteroatoms. The van der Waals surface area contributed by atoms with Crippen LogP contribution >= 0.6 is 0 Å². The molecule has 0 aliphatic carbocycles. The van der Waals surface area contributed by atoms with E-state index in [-0.39, 0.29) is 0 Å². The summed E-state index contributed by atoms with van der Waals surface area (Å²) in [7, 11) is 5.53. The molecule has 0 spiro atoms. The minimum atomic E-state index is 0.731. The van der Waals surface area contributed by atoms with Crippen molar-refractivity contribution in [2.45, 2.75) is 13.8 Å². The van der Waals surface area contributed by atoms with E-state index in [1.807, 2.05) is 0 Å². The van der Waals surface area contributed by atoms with Crippen molar-refractivity contribution >= 4 is 22.8 Å². The van der Waals surface area contributed by atoms with E-state index >= 15 is 0 Å². The van der Waals surface area contributed by atoms with Gasteiger partial charge in [0, 0.05) is 0 Å². The zero-order chi connectivity index (χ0) is 6.57. The second kappa shape index (κ2) is 3.88. The molecule has 0 nitrogen and oxygen atoms in total. The van der Waals surface area contributed by atoms with Crippen molar-refractivity contribution in [2.75, 3.05) is 0 Å². The van der Waals surface area contributed by atoms with Gasteiger partial charge >= 0.3 is 0 Å². The molecule has 0 amide bonds. The van der Waals surface area contributed by atoms with E-state index < -0.39 is 0 Å². The van der Waals surface area contributed by atoms with Crippen molar-refractivity contribution < 1.29 is 0 Å². The summed E-state index contributed by atoms with van der Waals surface area (Å²) >= 11 is 0. The molecule has 0 bridgehead atoms. The van der Waals surface area contributed by atoms with Gasteiger partial charge in [-0.05, 0) is 5.92 Å². The van der Waals surface area contributed by atoms with Crippen LogP contribution in [0.2, 0.25) is 0 Å². The van der Waals surface area contributed by atoms with E-state index in [4.69, 9.17) is 0 Å². The van der Waals surface area contributed by atoms with E-state index in [0.29, 0.717) is 0 Å². The van der Waals surface area contributed by atoms with Crippen molar-refractivity contribution in [3.63, 3.8) is 0 Å². The van der Waals surface area contributed by atoms with Crippen LogP contribution < -0.4 is 0 Å². The molecule has 0 aromatic rings. The largest absolute Gasteiger partial charge is 0.138 e. The average molecular weight is 106 g/mol. The minimum Gasteiger partial charge on any atom is -0.138 e. The Morgan fingerprint density at radius 1 is 1.62 bits per heavy atom. The van der Waals surface area contributed by atoms with Crippen molar-refractivity contribution in [3.05, 3.63) is 11.4 Å². The highest BCUT2D eigenvalue weighted by Gasteiger charge is 1.92. The Hall–Kier alpha value is -0.0652. The lowest BCUT2D eigenvalue weighted by Gasteiger charge is -2.02. The van der Waals surface area contributed by atoms with E-state index in [2.05, 4.69) is 35.4 Å². The van der Waals surface area contributed by atoms with Crippen molar-refractivity contribution in [1.29, 1.82) is 0 Å². The average Bonchev–Trinajstić information content (AvgIpc) is 1.67. The maximum absolute atomic E-state index is 2.28. The maximum Gasteiger partial charge on any atom is 0.132 e. The van der Waals surface area contributed by atoms with Crippen LogP contribution in [0.4, 0.5) is 0 Å². The smallest absolute Gasteiger partial charge is 0.132 e. The Morgan fingerprint density at radius 2 is 2.12 bits per heavy atom. The molecule has 0 aromatic heterocycles. The van der Waals surface area contributed by atoms with E-state index in [1.165, 1.54) is 12.6 Å². The van der Waals surface area contributed by atoms with Crippen LogP contribution in [0, 0.1) is 5.92 Å². The summed E-state index contributed by atoms with van der Waals surface area (Å²) in [6.07, 6.45) is 0. The zero-order valence-electron chi connectivity index (χ0n) is 6.36. The Labute approximate surface area is 54.8 Å². The number of hydrogen-bond donors (Lipinski definition) is 0. The monoisotopic (exact) mass is 106 g/mol. The SMILES string of the molecule is BB/C=C(\B)C(C)C. The van der Waals surface area contributed by atoms with E-state index in [9.17, 15) is 0 Å². The van der Waals surface area contributed by atoms with Crippen LogP contribution in [-0.4, -0.2) is 22.8 Å². The summed E-state index contributed by atoms with van der Waals surface area (Å²) in [5.74, 6) is 3.01. The van der Waals surface area contributed by atoms with Gasteiger partial charge in [-0.3, -0.25) is 0 Å². The topological polar surface area (TPSA) is 0 Å². The second-order valence-corrected chi connectivity index (χ2v) is 2.51. The number of hydrogen-bond acceptors (Lipinski definition) is 0. The molecule has 0 aliphatic rings. The molecular formula is C5H13B3. The summed E-state index contributed by atoms with van der Waals surface area (Å²) in [5, 5.41) is 0. The molecule has 0 aliphatic heterocycles. The first-order valence-electron chi connectivity index (χ1n) is 3.35. The fourth-order valence-corrected chi connectivity index (χ4v) is 0.558. The van der Waals surface area contributed by atoms with Gasteiger partial charge in [-0.1, -0.05) is 13.8 Å². The van der Waals surface area contributed by atoms with Gasteiger partial charge in [-0.25, -0.2) is 0 Å². The van der Waals surface area contributed by atoms with Crippen molar-refractivity contribution in [3.8, 4) is 0 Å². The van der Waals surface area contributed by atoms with Gasteiger partial charge < -0.3 is 0 Å². The van der Waals surface area contributed by atoms with Gasteiger partial charge in [0.05, 0.1) is 7.74 Å².